The second kappa shape index (κ2) is 11.9. The number of aromatic nitrogens is 1. The third-order valence-corrected chi connectivity index (χ3v) is 4.26. The molecule has 1 aromatic carbocycles. The number of rotatable bonds is 11. The zero-order chi connectivity index (χ0) is 23.5. The first-order chi connectivity index (χ1) is 16.0. The second-order valence-corrected chi connectivity index (χ2v) is 6.76. The van der Waals surface area contributed by atoms with Crippen molar-refractivity contribution in [3.8, 4) is 11.6 Å². The fraction of sp³-hybridized carbons (Fsp3) is 0.350. The fourth-order valence-corrected chi connectivity index (χ4v) is 2.66. The summed E-state index contributed by atoms with van der Waals surface area (Å²) in [6.07, 6.45) is -0.302. The number of ether oxygens (including phenoxy) is 2. The topological polar surface area (TPSA) is 176 Å². The Morgan fingerprint density at radius 2 is 2.06 bits per heavy atom. The molecule has 1 unspecified atom stereocenters. The van der Waals surface area contributed by atoms with Gasteiger partial charge in [0.05, 0.1) is 19.2 Å². The van der Waals surface area contributed by atoms with Crippen molar-refractivity contribution in [3.05, 3.63) is 42.2 Å². The van der Waals surface area contributed by atoms with Crippen LogP contribution in [0.25, 0.3) is 0 Å². The third kappa shape index (κ3) is 7.72. The van der Waals surface area contributed by atoms with Crippen LogP contribution < -0.4 is 30.7 Å². The van der Waals surface area contributed by atoms with Crippen LogP contribution in [0.1, 0.15) is 17.0 Å². The number of amides is 2. The van der Waals surface area contributed by atoms with Gasteiger partial charge in [-0.1, -0.05) is 18.2 Å². The van der Waals surface area contributed by atoms with Gasteiger partial charge in [0.1, 0.15) is 11.8 Å². The molecular formula is C20H24N6O7. The zero-order valence-electron chi connectivity index (χ0n) is 17.6. The first-order valence-corrected chi connectivity index (χ1v) is 10.2. The molecule has 0 saturated carbocycles. The molecular weight excluding hydrogens is 436 g/mol. The highest BCUT2D eigenvalue weighted by atomic mass is 16.6. The van der Waals surface area contributed by atoms with E-state index in [2.05, 4.69) is 31.4 Å². The predicted octanol–water partition coefficient (Wildman–Crippen LogP) is -0.0361. The van der Waals surface area contributed by atoms with E-state index in [0.717, 1.165) is 19.0 Å². The number of hydrogen-bond acceptors (Lipinski definition) is 10. The van der Waals surface area contributed by atoms with Crippen LogP contribution in [0.3, 0.4) is 0 Å². The van der Waals surface area contributed by atoms with Gasteiger partial charge < -0.3 is 40.4 Å². The lowest BCUT2D eigenvalue weighted by Crippen LogP contribution is -2.49. The Labute approximate surface area is 188 Å². The Morgan fingerprint density at radius 1 is 1.24 bits per heavy atom. The molecule has 2 aromatic rings. The summed E-state index contributed by atoms with van der Waals surface area (Å²) < 4.78 is 15.3. The number of benzene rings is 1. The number of hydrogen-bond donors (Lipinski definition) is 5. The SMILES string of the molecule is O=C(NC(CNC(=O)c1cc(OCCCNC2=NCCN2)no1)C(=O)O)Oc1ccccc1. The molecule has 176 valence electrons. The zero-order valence-corrected chi connectivity index (χ0v) is 17.6. The molecule has 13 heteroatoms. The molecule has 1 aliphatic rings. The van der Waals surface area contributed by atoms with Crippen LogP contribution in [-0.4, -0.2) is 73.0 Å². The number of aliphatic carboxylic acids is 1. The molecule has 5 N–H and O–H groups in total. The highest BCUT2D eigenvalue weighted by Gasteiger charge is 2.23. The van der Waals surface area contributed by atoms with Gasteiger partial charge >= 0.3 is 12.1 Å². The lowest BCUT2D eigenvalue weighted by Gasteiger charge is -2.14. The van der Waals surface area contributed by atoms with E-state index in [0.29, 0.717) is 19.6 Å². The van der Waals surface area contributed by atoms with Gasteiger partial charge in [0.25, 0.3) is 11.8 Å². The van der Waals surface area contributed by atoms with E-state index >= 15 is 0 Å². The average molecular weight is 460 g/mol. The maximum Gasteiger partial charge on any atom is 0.413 e. The van der Waals surface area contributed by atoms with Crippen molar-refractivity contribution in [3.63, 3.8) is 0 Å². The lowest BCUT2D eigenvalue weighted by atomic mass is 10.3. The molecule has 1 aliphatic heterocycles. The Kier molecular flexibility index (Phi) is 8.45. The number of carbonyl (C=O) groups excluding carboxylic acids is 2. The Morgan fingerprint density at radius 3 is 2.79 bits per heavy atom. The monoisotopic (exact) mass is 460 g/mol. The van der Waals surface area contributed by atoms with Crippen LogP contribution in [0.2, 0.25) is 0 Å². The Balaban J connectivity index is 1.38. The molecule has 1 aromatic heterocycles. The number of nitrogens with one attached hydrogen (secondary N) is 4. The molecule has 0 saturated heterocycles. The largest absolute Gasteiger partial charge is 0.480 e. The van der Waals surface area contributed by atoms with Crippen LogP contribution >= 0.6 is 0 Å². The van der Waals surface area contributed by atoms with Gasteiger partial charge in [-0.05, 0) is 23.7 Å². The van der Waals surface area contributed by atoms with E-state index in [4.69, 9.17) is 14.0 Å². The van der Waals surface area contributed by atoms with Crippen molar-refractivity contribution in [2.24, 2.45) is 4.99 Å². The molecule has 2 amide bonds. The van der Waals surface area contributed by atoms with E-state index in [1.807, 2.05) is 0 Å². The van der Waals surface area contributed by atoms with Gasteiger partial charge in [0.15, 0.2) is 5.96 Å². The van der Waals surface area contributed by atoms with E-state index in [1.54, 1.807) is 30.3 Å². The minimum atomic E-state index is -1.42. The van der Waals surface area contributed by atoms with Crippen molar-refractivity contribution >= 4 is 23.9 Å². The minimum Gasteiger partial charge on any atom is -0.480 e. The van der Waals surface area contributed by atoms with Crippen molar-refractivity contribution in [1.29, 1.82) is 0 Å². The van der Waals surface area contributed by atoms with Crippen molar-refractivity contribution in [2.45, 2.75) is 12.5 Å². The quantitative estimate of drug-likeness (QED) is 0.286. The maximum absolute atomic E-state index is 12.2. The maximum atomic E-state index is 12.2. The summed E-state index contributed by atoms with van der Waals surface area (Å²) >= 11 is 0. The van der Waals surface area contributed by atoms with Gasteiger partial charge in [-0.25, -0.2) is 9.59 Å². The normalized spacial score (nSPS) is 13.3. The van der Waals surface area contributed by atoms with E-state index < -0.39 is 30.6 Å². The molecule has 1 atom stereocenters. The standard InChI is InChI=1S/C20H24N6O7/c27-17(15-11-16(26-33-15)31-10-4-7-21-19-22-8-9-23-19)24-12-14(18(28)29)25-20(30)32-13-5-2-1-3-6-13/h1-3,5-6,11,14H,4,7-10,12H2,(H,24,27)(H,25,30)(H,28,29)(H2,21,22,23). The van der Waals surface area contributed by atoms with Gasteiger partial charge in [-0.2, -0.15) is 0 Å². The van der Waals surface area contributed by atoms with E-state index in [1.165, 1.54) is 6.07 Å². The molecule has 13 nitrogen and oxygen atoms in total. The molecule has 0 fully saturated rings. The number of para-hydroxylation sites is 1. The molecule has 33 heavy (non-hydrogen) atoms. The first-order valence-electron chi connectivity index (χ1n) is 10.2. The van der Waals surface area contributed by atoms with Crippen molar-refractivity contribution < 1.29 is 33.5 Å². The predicted molar refractivity (Wildman–Crippen MR) is 114 cm³/mol. The first kappa shape index (κ1) is 23.4. The summed E-state index contributed by atoms with van der Waals surface area (Å²) in [4.78, 5) is 39.7. The number of carboxylic acid groups (broad SMARTS) is 1. The Bertz CT molecular complexity index is 978. The molecule has 0 aliphatic carbocycles. The van der Waals surface area contributed by atoms with E-state index in [-0.39, 0.29) is 17.4 Å². The summed E-state index contributed by atoms with van der Waals surface area (Å²) in [7, 11) is 0. The Hall–Kier alpha value is -4.29. The molecule has 0 spiro atoms. The molecule has 0 bridgehead atoms. The van der Waals surface area contributed by atoms with E-state index in [9.17, 15) is 19.5 Å². The molecule has 3 rings (SSSR count). The number of carboxylic acids is 1. The summed E-state index contributed by atoms with van der Waals surface area (Å²) in [6.45, 7) is 2.15. The highest BCUT2D eigenvalue weighted by Crippen LogP contribution is 2.11. The van der Waals surface area contributed by atoms with Gasteiger partial charge in [-0.3, -0.25) is 9.79 Å². The minimum absolute atomic E-state index is 0.121. The van der Waals surface area contributed by atoms with Gasteiger partial charge in [0, 0.05) is 19.6 Å². The van der Waals surface area contributed by atoms with Crippen LogP contribution in [0, 0.1) is 0 Å². The number of aliphatic imine (C=N–C) groups is 1. The van der Waals surface area contributed by atoms with Gasteiger partial charge in [-0.15, -0.1) is 0 Å². The average Bonchev–Trinajstić information content (AvgIpc) is 3.49. The number of carbonyl (C=O) groups is 3. The smallest absolute Gasteiger partial charge is 0.413 e. The van der Waals surface area contributed by atoms with Gasteiger partial charge in [0.2, 0.25) is 5.76 Å². The summed E-state index contributed by atoms with van der Waals surface area (Å²) in [5.41, 5.74) is 0. The fourth-order valence-electron chi connectivity index (χ4n) is 2.66. The number of nitrogens with zero attached hydrogens (tertiary/aromatic N) is 2. The van der Waals surface area contributed by atoms with Crippen LogP contribution in [0.5, 0.6) is 11.6 Å². The third-order valence-electron chi connectivity index (χ3n) is 4.26. The lowest BCUT2D eigenvalue weighted by molar-refractivity contribution is -0.139. The second-order valence-electron chi connectivity index (χ2n) is 6.76. The molecule has 2 heterocycles. The van der Waals surface area contributed by atoms with Crippen LogP contribution in [0.4, 0.5) is 4.79 Å². The highest BCUT2D eigenvalue weighted by molar-refractivity contribution is 5.92. The summed E-state index contributed by atoms with van der Waals surface area (Å²) in [6, 6.07) is 8.01. The van der Waals surface area contributed by atoms with Crippen molar-refractivity contribution in [2.75, 3.05) is 32.8 Å². The summed E-state index contributed by atoms with van der Waals surface area (Å²) in [5, 5.41) is 23.7. The summed E-state index contributed by atoms with van der Waals surface area (Å²) in [5.74, 6) is -1.10. The number of guanidine groups is 1. The van der Waals surface area contributed by atoms with Crippen LogP contribution in [0.15, 0.2) is 45.9 Å². The molecule has 0 radical (unpaired) electrons. The van der Waals surface area contributed by atoms with Crippen LogP contribution in [-0.2, 0) is 4.79 Å². The van der Waals surface area contributed by atoms with Crippen molar-refractivity contribution in [1.82, 2.24) is 26.4 Å².